The summed E-state index contributed by atoms with van der Waals surface area (Å²) >= 11 is 4.73. The van der Waals surface area contributed by atoms with E-state index in [1.807, 2.05) is 38.1 Å². The van der Waals surface area contributed by atoms with Crippen LogP contribution >= 0.6 is 27.3 Å². The molecule has 0 N–H and O–H groups in total. The summed E-state index contributed by atoms with van der Waals surface area (Å²) in [4.78, 5) is 39.3. The zero-order valence-electron chi connectivity index (χ0n) is 20.0. The average Bonchev–Trinajstić information content (AvgIpc) is 3.04. The van der Waals surface area contributed by atoms with Gasteiger partial charge >= 0.3 is 11.9 Å². The summed E-state index contributed by atoms with van der Waals surface area (Å²) in [5.74, 6) is -0.882. The number of thiophene rings is 1. The Kier molecular flexibility index (Phi) is 9.08. The molecule has 1 heterocycles. The smallest absolute Gasteiger partial charge is 0.351 e. The van der Waals surface area contributed by atoms with Gasteiger partial charge < -0.3 is 19.1 Å². The Hall–Kier alpha value is -2.39. The molecule has 0 saturated heterocycles. The molecule has 0 aliphatic carbocycles. The Balaban J connectivity index is 2.38. The van der Waals surface area contributed by atoms with Gasteiger partial charge in [0.1, 0.15) is 5.60 Å². The predicted octanol–water partition coefficient (Wildman–Crippen LogP) is 5.44. The van der Waals surface area contributed by atoms with E-state index in [0.29, 0.717) is 11.0 Å². The van der Waals surface area contributed by atoms with Crippen molar-refractivity contribution in [2.45, 2.75) is 59.7 Å². The minimum Gasteiger partial charge on any atom is -0.479 e. The number of hydrogen-bond donors (Lipinski definition) is 0. The van der Waals surface area contributed by atoms with Gasteiger partial charge in [0.25, 0.3) is 0 Å². The Morgan fingerprint density at radius 2 is 1.85 bits per heavy atom. The first-order valence-electron chi connectivity index (χ1n) is 10.5. The molecular formula is C24H30BrNO6S. The molecule has 33 heavy (non-hydrogen) atoms. The van der Waals surface area contributed by atoms with Crippen molar-refractivity contribution in [3.05, 3.63) is 39.2 Å². The number of rotatable bonds is 8. The maximum absolute atomic E-state index is 12.4. The van der Waals surface area contributed by atoms with Crippen molar-refractivity contribution in [2.24, 2.45) is 0 Å². The molecule has 0 aliphatic heterocycles. The lowest BCUT2D eigenvalue weighted by Crippen LogP contribution is -2.34. The van der Waals surface area contributed by atoms with E-state index in [1.165, 1.54) is 18.4 Å². The minimum atomic E-state index is -0.646. The quantitative estimate of drug-likeness (QED) is 0.415. The Labute approximate surface area is 207 Å². The third kappa shape index (κ3) is 7.30. The molecule has 180 valence electrons. The van der Waals surface area contributed by atoms with Crippen LogP contribution in [0.25, 0.3) is 10.4 Å². The number of methoxy groups -OCH3 is 1. The highest BCUT2D eigenvalue weighted by molar-refractivity contribution is 9.10. The van der Waals surface area contributed by atoms with Crippen LogP contribution in [0.15, 0.2) is 28.7 Å². The van der Waals surface area contributed by atoms with E-state index in [0.717, 1.165) is 16.0 Å². The van der Waals surface area contributed by atoms with Gasteiger partial charge in [-0.05, 0) is 67.7 Å². The monoisotopic (exact) mass is 539 g/mol. The first kappa shape index (κ1) is 26.9. The van der Waals surface area contributed by atoms with Crippen molar-refractivity contribution in [1.82, 2.24) is 4.90 Å². The summed E-state index contributed by atoms with van der Waals surface area (Å²) in [6.45, 7) is 10.9. The van der Waals surface area contributed by atoms with Crippen LogP contribution in [0.1, 0.15) is 56.8 Å². The summed E-state index contributed by atoms with van der Waals surface area (Å²) in [6.07, 6.45) is 0. The number of halogens is 1. The molecule has 0 spiro atoms. The second-order valence-electron chi connectivity index (χ2n) is 8.71. The number of benzene rings is 1. The van der Waals surface area contributed by atoms with E-state index in [1.54, 1.807) is 32.6 Å². The molecule has 0 aliphatic rings. The van der Waals surface area contributed by atoms with Crippen molar-refractivity contribution >= 4 is 45.1 Å². The Morgan fingerprint density at radius 3 is 2.39 bits per heavy atom. The van der Waals surface area contributed by atoms with Gasteiger partial charge in [0.05, 0.1) is 16.5 Å². The van der Waals surface area contributed by atoms with Crippen molar-refractivity contribution in [3.63, 3.8) is 0 Å². The second-order valence-corrected chi connectivity index (χ2v) is 10.5. The Bertz CT molecular complexity index is 1020. The van der Waals surface area contributed by atoms with E-state index in [9.17, 15) is 14.4 Å². The van der Waals surface area contributed by atoms with Crippen LogP contribution in [-0.2, 0) is 25.6 Å². The minimum absolute atomic E-state index is 0.00138. The van der Waals surface area contributed by atoms with Crippen LogP contribution < -0.4 is 4.74 Å². The average molecular weight is 540 g/mol. The van der Waals surface area contributed by atoms with E-state index in [2.05, 4.69) is 15.9 Å². The van der Waals surface area contributed by atoms with Gasteiger partial charge in [-0.15, -0.1) is 11.3 Å². The zero-order chi connectivity index (χ0) is 24.9. The lowest BCUT2D eigenvalue weighted by molar-refractivity contribution is -0.157. The number of carbonyl (C=O) groups is 3. The number of esters is 2. The highest BCUT2D eigenvalue weighted by Gasteiger charge is 2.26. The standard InChI is InChI=1S/C24H30BrNO6S/c1-14(2)26(15(3)27)12-16-9-8-10-17(11-16)21-19(25)20(22(33-21)23(29)30-7)31-13-18(28)32-24(4,5)6/h8-11,14H,12-13H2,1-7H3. The van der Waals surface area contributed by atoms with Crippen molar-refractivity contribution in [1.29, 1.82) is 0 Å². The maximum Gasteiger partial charge on any atom is 0.351 e. The molecule has 2 rings (SSSR count). The van der Waals surface area contributed by atoms with Gasteiger partial charge in [-0.3, -0.25) is 4.79 Å². The van der Waals surface area contributed by atoms with Crippen molar-refractivity contribution < 1.29 is 28.6 Å². The van der Waals surface area contributed by atoms with E-state index in [4.69, 9.17) is 14.2 Å². The zero-order valence-corrected chi connectivity index (χ0v) is 22.4. The Morgan fingerprint density at radius 1 is 1.18 bits per heavy atom. The fourth-order valence-corrected chi connectivity index (χ4v) is 5.07. The highest BCUT2D eigenvalue weighted by atomic mass is 79.9. The number of carbonyl (C=O) groups excluding carboxylic acids is 3. The van der Waals surface area contributed by atoms with Gasteiger partial charge in [-0.1, -0.05) is 18.2 Å². The number of amides is 1. The predicted molar refractivity (Wildman–Crippen MR) is 131 cm³/mol. The first-order chi connectivity index (χ1) is 15.3. The van der Waals surface area contributed by atoms with Gasteiger partial charge in [-0.2, -0.15) is 0 Å². The van der Waals surface area contributed by atoms with Crippen molar-refractivity contribution in [3.8, 4) is 16.2 Å². The molecule has 0 atom stereocenters. The molecule has 0 saturated carbocycles. The van der Waals surface area contributed by atoms with E-state index < -0.39 is 17.5 Å². The summed E-state index contributed by atoms with van der Waals surface area (Å²) in [7, 11) is 1.29. The topological polar surface area (TPSA) is 82.1 Å². The van der Waals surface area contributed by atoms with Gasteiger partial charge in [0, 0.05) is 19.5 Å². The molecule has 7 nitrogen and oxygen atoms in total. The van der Waals surface area contributed by atoms with Crippen LogP contribution in [0.4, 0.5) is 0 Å². The van der Waals surface area contributed by atoms with Crippen LogP contribution in [0, 0.1) is 0 Å². The van der Waals surface area contributed by atoms with Crippen LogP contribution in [0.3, 0.4) is 0 Å². The molecule has 0 unspecified atom stereocenters. The number of nitrogens with zero attached hydrogens (tertiary/aromatic N) is 1. The maximum atomic E-state index is 12.4. The number of hydrogen-bond acceptors (Lipinski definition) is 7. The summed E-state index contributed by atoms with van der Waals surface area (Å²) in [6, 6.07) is 7.79. The molecule has 0 fully saturated rings. The van der Waals surface area contributed by atoms with Gasteiger partial charge in [0.2, 0.25) is 5.91 Å². The second kappa shape index (κ2) is 11.2. The molecule has 1 amide bonds. The summed E-state index contributed by atoms with van der Waals surface area (Å²) in [5, 5.41) is 0. The SMILES string of the molecule is COC(=O)c1sc(-c2cccc(CN(C(C)=O)C(C)C)c2)c(Br)c1OCC(=O)OC(C)(C)C. The number of ether oxygens (including phenoxy) is 3. The lowest BCUT2D eigenvalue weighted by Gasteiger charge is -2.25. The first-order valence-corrected chi connectivity index (χ1v) is 12.1. The largest absolute Gasteiger partial charge is 0.479 e. The molecule has 1 aromatic heterocycles. The molecule has 0 radical (unpaired) electrons. The summed E-state index contributed by atoms with van der Waals surface area (Å²) < 4.78 is 16.4. The van der Waals surface area contributed by atoms with Crippen molar-refractivity contribution in [2.75, 3.05) is 13.7 Å². The molecule has 0 bridgehead atoms. The molecular weight excluding hydrogens is 510 g/mol. The highest BCUT2D eigenvalue weighted by Crippen LogP contribution is 2.46. The third-order valence-corrected chi connectivity index (χ3v) is 6.72. The summed E-state index contributed by atoms with van der Waals surface area (Å²) in [5.41, 5.74) is 1.15. The lowest BCUT2D eigenvalue weighted by atomic mass is 10.1. The van der Waals surface area contributed by atoms with Gasteiger partial charge in [-0.25, -0.2) is 9.59 Å². The fourth-order valence-electron chi connectivity index (χ4n) is 3.10. The normalized spacial score (nSPS) is 11.3. The fraction of sp³-hybridized carbons (Fsp3) is 0.458. The van der Waals surface area contributed by atoms with Crippen LogP contribution in [0.5, 0.6) is 5.75 Å². The molecule has 2 aromatic rings. The van der Waals surface area contributed by atoms with E-state index >= 15 is 0 Å². The molecule has 1 aromatic carbocycles. The molecule has 9 heteroatoms. The van der Waals surface area contributed by atoms with Crippen LogP contribution in [-0.4, -0.2) is 48.1 Å². The van der Waals surface area contributed by atoms with E-state index in [-0.39, 0.29) is 29.2 Å². The van der Waals surface area contributed by atoms with Gasteiger partial charge in [0.15, 0.2) is 17.2 Å². The van der Waals surface area contributed by atoms with Crippen LogP contribution in [0.2, 0.25) is 0 Å². The third-order valence-electron chi connectivity index (χ3n) is 4.50.